The van der Waals surface area contributed by atoms with Gasteiger partial charge in [-0.2, -0.15) is 13.2 Å². The highest BCUT2D eigenvalue weighted by Gasteiger charge is 2.63. The molecule has 1 unspecified atom stereocenters. The lowest BCUT2D eigenvalue weighted by Crippen LogP contribution is -2.54. The van der Waals surface area contributed by atoms with Crippen LogP contribution in [0.4, 0.5) is 19.0 Å². The van der Waals surface area contributed by atoms with Crippen molar-refractivity contribution in [2.24, 2.45) is 5.41 Å². The molecular weight excluding hydrogens is 409 g/mol. The van der Waals surface area contributed by atoms with Gasteiger partial charge in [-0.15, -0.1) is 0 Å². The SMILES string of the molecule is Cc1ccnc(NC(=O)CN(C)C(=O)C2(C(F)(F)F)CCN(Cc3ccccc3)C2)c1. The molecule has 2 aromatic rings. The Morgan fingerprint density at radius 2 is 1.94 bits per heavy atom. The predicted octanol–water partition coefficient (Wildman–Crippen LogP) is 3.24. The third kappa shape index (κ3) is 5.22. The van der Waals surface area contributed by atoms with Gasteiger partial charge in [0.25, 0.3) is 0 Å². The molecule has 2 amide bonds. The van der Waals surface area contributed by atoms with Crippen molar-refractivity contribution in [1.29, 1.82) is 0 Å². The fourth-order valence-electron chi connectivity index (χ4n) is 3.83. The molecule has 166 valence electrons. The molecule has 31 heavy (non-hydrogen) atoms. The Hall–Kier alpha value is -2.94. The molecule has 0 aliphatic carbocycles. The molecule has 0 spiro atoms. The van der Waals surface area contributed by atoms with E-state index in [4.69, 9.17) is 0 Å². The van der Waals surface area contributed by atoms with Crippen molar-refractivity contribution in [3.8, 4) is 0 Å². The van der Waals surface area contributed by atoms with Crippen molar-refractivity contribution in [3.05, 3.63) is 59.8 Å². The second-order valence-electron chi connectivity index (χ2n) is 7.95. The molecule has 9 heteroatoms. The number of benzene rings is 1. The number of hydrogen-bond donors (Lipinski definition) is 1. The summed E-state index contributed by atoms with van der Waals surface area (Å²) < 4.78 is 42.2. The number of rotatable bonds is 6. The number of carbonyl (C=O) groups is 2. The van der Waals surface area contributed by atoms with Crippen LogP contribution in [0.15, 0.2) is 48.7 Å². The Kier molecular flexibility index (Phi) is 6.64. The molecule has 1 aromatic carbocycles. The Labute approximate surface area is 179 Å². The highest BCUT2D eigenvalue weighted by atomic mass is 19.4. The number of aromatic nitrogens is 1. The van der Waals surface area contributed by atoms with E-state index in [-0.39, 0.29) is 18.8 Å². The quantitative estimate of drug-likeness (QED) is 0.758. The number of anilines is 1. The van der Waals surface area contributed by atoms with E-state index in [0.29, 0.717) is 6.54 Å². The lowest BCUT2D eigenvalue weighted by Gasteiger charge is -2.34. The van der Waals surface area contributed by atoms with E-state index in [1.807, 2.05) is 37.3 Å². The van der Waals surface area contributed by atoms with Gasteiger partial charge in [0.1, 0.15) is 5.82 Å². The lowest BCUT2D eigenvalue weighted by atomic mass is 9.84. The number of halogens is 3. The van der Waals surface area contributed by atoms with Crippen LogP contribution in [0, 0.1) is 12.3 Å². The smallest absolute Gasteiger partial charge is 0.336 e. The number of likely N-dealkylation sites (N-methyl/N-ethyl adjacent to an activating group) is 1. The second-order valence-corrected chi connectivity index (χ2v) is 7.95. The summed E-state index contributed by atoms with van der Waals surface area (Å²) in [4.78, 5) is 31.7. The van der Waals surface area contributed by atoms with Crippen LogP contribution in [0.1, 0.15) is 17.5 Å². The third-order valence-electron chi connectivity index (χ3n) is 5.46. The molecule has 1 atom stereocenters. The summed E-state index contributed by atoms with van der Waals surface area (Å²) >= 11 is 0. The molecule has 1 aliphatic heterocycles. The first kappa shape index (κ1) is 22.7. The van der Waals surface area contributed by atoms with E-state index in [0.717, 1.165) is 16.0 Å². The van der Waals surface area contributed by atoms with Crippen LogP contribution in [0.5, 0.6) is 0 Å². The van der Waals surface area contributed by atoms with Crippen molar-refractivity contribution in [2.45, 2.75) is 26.1 Å². The predicted molar refractivity (Wildman–Crippen MR) is 110 cm³/mol. The Balaban J connectivity index is 1.69. The molecule has 1 aromatic heterocycles. The first-order valence-electron chi connectivity index (χ1n) is 9.92. The van der Waals surface area contributed by atoms with E-state index in [1.165, 1.54) is 13.2 Å². The van der Waals surface area contributed by atoms with Crippen LogP contribution in [0.3, 0.4) is 0 Å². The largest absolute Gasteiger partial charge is 0.404 e. The fourth-order valence-corrected chi connectivity index (χ4v) is 3.83. The number of nitrogens with zero attached hydrogens (tertiary/aromatic N) is 3. The zero-order valence-corrected chi connectivity index (χ0v) is 17.4. The minimum Gasteiger partial charge on any atom is -0.336 e. The van der Waals surface area contributed by atoms with Crippen LogP contribution >= 0.6 is 0 Å². The maximum absolute atomic E-state index is 14.1. The highest BCUT2D eigenvalue weighted by Crippen LogP contribution is 2.47. The molecular formula is C22H25F3N4O2. The normalized spacial score (nSPS) is 19.3. The zero-order valence-electron chi connectivity index (χ0n) is 17.4. The van der Waals surface area contributed by atoms with E-state index in [2.05, 4.69) is 10.3 Å². The molecule has 6 nitrogen and oxygen atoms in total. The average Bonchev–Trinajstić information content (AvgIpc) is 3.13. The van der Waals surface area contributed by atoms with Gasteiger partial charge >= 0.3 is 6.18 Å². The van der Waals surface area contributed by atoms with Gasteiger partial charge in [0.2, 0.25) is 11.8 Å². The Morgan fingerprint density at radius 1 is 1.23 bits per heavy atom. The maximum atomic E-state index is 14.1. The molecule has 0 radical (unpaired) electrons. The minimum atomic E-state index is -4.72. The summed E-state index contributed by atoms with van der Waals surface area (Å²) in [6.07, 6.45) is -3.55. The average molecular weight is 434 g/mol. The molecule has 0 bridgehead atoms. The second kappa shape index (κ2) is 9.05. The summed E-state index contributed by atoms with van der Waals surface area (Å²) in [6.45, 7) is 1.37. The Morgan fingerprint density at radius 3 is 2.58 bits per heavy atom. The number of hydrogen-bond acceptors (Lipinski definition) is 4. The molecule has 1 N–H and O–H groups in total. The van der Waals surface area contributed by atoms with Gasteiger partial charge in [-0.05, 0) is 43.1 Å². The molecule has 3 rings (SSSR count). The van der Waals surface area contributed by atoms with Crippen molar-refractivity contribution in [2.75, 3.05) is 32.0 Å². The van der Waals surface area contributed by atoms with E-state index in [1.54, 1.807) is 17.0 Å². The van der Waals surface area contributed by atoms with Gasteiger partial charge in [-0.25, -0.2) is 4.98 Å². The number of carbonyl (C=O) groups excluding carboxylic acids is 2. The summed E-state index contributed by atoms with van der Waals surface area (Å²) in [5.41, 5.74) is -0.778. The lowest BCUT2D eigenvalue weighted by molar-refractivity contribution is -0.223. The molecule has 2 heterocycles. The van der Waals surface area contributed by atoms with E-state index >= 15 is 0 Å². The van der Waals surface area contributed by atoms with Crippen molar-refractivity contribution in [1.82, 2.24) is 14.8 Å². The third-order valence-corrected chi connectivity index (χ3v) is 5.46. The molecule has 0 saturated carbocycles. The first-order valence-corrected chi connectivity index (χ1v) is 9.92. The fraction of sp³-hybridized carbons (Fsp3) is 0.409. The van der Waals surface area contributed by atoms with Crippen molar-refractivity contribution >= 4 is 17.6 Å². The number of likely N-dealkylation sites (tertiary alicyclic amines) is 1. The number of pyridine rings is 1. The van der Waals surface area contributed by atoms with Crippen LogP contribution < -0.4 is 5.32 Å². The van der Waals surface area contributed by atoms with Gasteiger partial charge in [0, 0.05) is 26.3 Å². The molecule has 1 aliphatic rings. The first-order chi connectivity index (χ1) is 14.6. The van der Waals surface area contributed by atoms with Gasteiger partial charge in [0.05, 0.1) is 6.54 Å². The van der Waals surface area contributed by atoms with Crippen molar-refractivity contribution < 1.29 is 22.8 Å². The standard InChI is InChI=1S/C22H25F3N4O2/c1-16-8-10-26-18(12-16)27-19(30)14-28(2)20(31)21(22(23,24)25)9-11-29(15-21)13-17-6-4-3-5-7-17/h3-8,10,12H,9,11,13-15H2,1-2H3,(H,26,27,30). The monoisotopic (exact) mass is 434 g/mol. The van der Waals surface area contributed by atoms with Crippen LogP contribution in [0.25, 0.3) is 0 Å². The van der Waals surface area contributed by atoms with Crippen LogP contribution in [0.2, 0.25) is 0 Å². The summed E-state index contributed by atoms with van der Waals surface area (Å²) in [5.74, 6) is -1.42. The van der Waals surface area contributed by atoms with Crippen LogP contribution in [-0.4, -0.2) is 59.5 Å². The zero-order chi connectivity index (χ0) is 22.6. The number of nitrogens with one attached hydrogen (secondary N) is 1. The summed E-state index contributed by atoms with van der Waals surface area (Å²) in [5, 5.41) is 2.52. The topological polar surface area (TPSA) is 65.5 Å². The number of alkyl halides is 3. The van der Waals surface area contributed by atoms with E-state index < -0.39 is 36.5 Å². The number of amides is 2. The van der Waals surface area contributed by atoms with E-state index in [9.17, 15) is 22.8 Å². The number of aryl methyl sites for hydroxylation is 1. The highest BCUT2D eigenvalue weighted by molar-refractivity contribution is 5.95. The van der Waals surface area contributed by atoms with Gasteiger partial charge in [-0.3, -0.25) is 14.5 Å². The van der Waals surface area contributed by atoms with Crippen LogP contribution in [-0.2, 0) is 16.1 Å². The van der Waals surface area contributed by atoms with Gasteiger partial charge in [-0.1, -0.05) is 30.3 Å². The van der Waals surface area contributed by atoms with Gasteiger partial charge in [0.15, 0.2) is 5.41 Å². The minimum absolute atomic E-state index is 0.146. The Bertz CT molecular complexity index is 936. The van der Waals surface area contributed by atoms with Gasteiger partial charge < -0.3 is 10.2 Å². The summed E-state index contributed by atoms with van der Waals surface area (Å²) in [6, 6.07) is 12.5. The molecule has 1 fully saturated rings. The maximum Gasteiger partial charge on any atom is 0.404 e. The van der Waals surface area contributed by atoms with Crippen molar-refractivity contribution in [3.63, 3.8) is 0 Å². The molecule has 1 saturated heterocycles. The summed E-state index contributed by atoms with van der Waals surface area (Å²) in [7, 11) is 1.22.